The summed E-state index contributed by atoms with van der Waals surface area (Å²) in [5.41, 5.74) is 2.02. The van der Waals surface area contributed by atoms with Crippen molar-refractivity contribution < 1.29 is 4.79 Å². The number of pyridine rings is 1. The van der Waals surface area contributed by atoms with Crippen LogP contribution in [0.15, 0.2) is 41.9 Å². The first-order valence-corrected chi connectivity index (χ1v) is 8.94. The Morgan fingerprint density at radius 1 is 1.33 bits per heavy atom. The maximum Gasteiger partial charge on any atom is 0.247 e. The second-order valence-corrected chi connectivity index (χ2v) is 6.93. The molecular formula is C18H18N4OS. The molecule has 0 aromatic carbocycles. The fourth-order valence-electron chi connectivity index (χ4n) is 3.18. The lowest BCUT2D eigenvalue weighted by atomic mass is 10.2. The van der Waals surface area contributed by atoms with Crippen molar-refractivity contribution >= 4 is 29.0 Å². The molecule has 6 heteroatoms. The van der Waals surface area contributed by atoms with Crippen LogP contribution >= 0.6 is 11.3 Å². The molecule has 1 aliphatic heterocycles. The summed E-state index contributed by atoms with van der Waals surface area (Å²) in [6.07, 6.45) is 7.47. The molecule has 1 saturated heterocycles. The molecule has 4 heterocycles. The van der Waals surface area contributed by atoms with E-state index in [1.807, 2.05) is 45.2 Å². The van der Waals surface area contributed by atoms with Crippen LogP contribution in [0, 0.1) is 6.92 Å². The van der Waals surface area contributed by atoms with Crippen LogP contribution < -0.4 is 0 Å². The lowest BCUT2D eigenvalue weighted by Gasteiger charge is -2.22. The molecule has 0 N–H and O–H groups in total. The molecule has 122 valence electrons. The predicted molar refractivity (Wildman–Crippen MR) is 94.8 cm³/mol. The van der Waals surface area contributed by atoms with Gasteiger partial charge >= 0.3 is 0 Å². The van der Waals surface area contributed by atoms with E-state index in [0.29, 0.717) is 0 Å². The summed E-state index contributed by atoms with van der Waals surface area (Å²) in [5.74, 6) is 0.884. The van der Waals surface area contributed by atoms with Gasteiger partial charge in [-0.1, -0.05) is 6.07 Å². The van der Waals surface area contributed by atoms with Gasteiger partial charge in [-0.25, -0.2) is 0 Å². The summed E-state index contributed by atoms with van der Waals surface area (Å²) in [4.78, 5) is 15.7. The highest BCUT2D eigenvalue weighted by molar-refractivity contribution is 7.11. The average Bonchev–Trinajstić information content (AvgIpc) is 3.31. The Kier molecular flexibility index (Phi) is 3.90. The smallest absolute Gasteiger partial charge is 0.247 e. The molecule has 0 bridgehead atoms. The van der Waals surface area contributed by atoms with E-state index in [1.54, 1.807) is 17.4 Å². The zero-order valence-electron chi connectivity index (χ0n) is 13.4. The van der Waals surface area contributed by atoms with E-state index < -0.39 is 0 Å². The van der Waals surface area contributed by atoms with Crippen molar-refractivity contribution in [1.29, 1.82) is 0 Å². The summed E-state index contributed by atoms with van der Waals surface area (Å²) in [7, 11) is 0. The summed E-state index contributed by atoms with van der Waals surface area (Å²) < 4.78 is 1.98. The number of aryl methyl sites for hydroxylation is 1. The van der Waals surface area contributed by atoms with Crippen molar-refractivity contribution in [2.45, 2.75) is 25.8 Å². The summed E-state index contributed by atoms with van der Waals surface area (Å²) in [5, 5.41) is 10.6. The first-order valence-electron chi connectivity index (χ1n) is 8.06. The first-order chi connectivity index (χ1) is 11.7. The van der Waals surface area contributed by atoms with E-state index in [9.17, 15) is 4.79 Å². The number of carbonyl (C=O) groups is 1. The maximum atomic E-state index is 12.7. The summed E-state index contributed by atoms with van der Waals surface area (Å²) >= 11 is 1.65. The highest BCUT2D eigenvalue weighted by Gasteiger charge is 2.32. The summed E-state index contributed by atoms with van der Waals surface area (Å²) in [6, 6.07) is 7.88. The zero-order chi connectivity index (χ0) is 16.5. The number of likely N-dealkylation sites (tertiary alicyclic amines) is 1. The van der Waals surface area contributed by atoms with Gasteiger partial charge in [-0.15, -0.1) is 21.5 Å². The van der Waals surface area contributed by atoms with Crippen molar-refractivity contribution in [2.24, 2.45) is 0 Å². The Morgan fingerprint density at radius 2 is 2.25 bits per heavy atom. The molecule has 1 atom stereocenters. The van der Waals surface area contributed by atoms with Crippen LogP contribution in [0.25, 0.3) is 11.7 Å². The van der Waals surface area contributed by atoms with Gasteiger partial charge in [0.05, 0.1) is 6.04 Å². The van der Waals surface area contributed by atoms with E-state index in [-0.39, 0.29) is 11.9 Å². The Labute approximate surface area is 144 Å². The van der Waals surface area contributed by atoms with Crippen molar-refractivity contribution in [3.8, 4) is 0 Å². The zero-order valence-corrected chi connectivity index (χ0v) is 14.2. The summed E-state index contributed by atoms with van der Waals surface area (Å²) in [6.45, 7) is 2.82. The van der Waals surface area contributed by atoms with E-state index >= 15 is 0 Å². The highest BCUT2D eigenvalue weighted by atomic mass is 32.1. The normalized spacial score (nSPS) is 18.0. The number of rotatable bonds is 3. The van der Waals surface area contributed by atoms with Crippen LogP contribution in [0.5, 0.6) is 0 Å². The fourth-order valence-corrected chi connectivity index (χ4v) is 4.00. The minimum atomic E-state index is -0.0102. The van der Waals surface area contributed by atoms with Crippen LogP contribution in [0.4, 0.5) is 0 Å². The first kappa shape index (κ1) is 15.1. The highest BCUT2D eigenvalue weighted by Crippen LogP contribution is 2.31. The van der Waals surface area contributed by atoms with Crippen molar-refractivity contribution in [2.75, 3.05) is 6.54 Å². The Bertz CT molecular complexity index is 911. The van der Waals surface area contributed by atoms with Gasteiger partial charge in [0.1, 0.15) is 0 Å². The van der Waals surface area contributed by atoms with Gasteiger partial charge < -0.3 is 4.90 Å². The molecular weight excluding hydrogens is 320 g/mol. The van der Waals surface area contributed by atoms with Gasteiger partial charge in [0.25, 0.3) is 0 Å². The molecule has 0 radical (unpaired) electrons. The van der Waals surface area contributed by atoms with E-state index in [1.165, 1.54) is 5.56 Å². The van der Waals surface area contributed by atoms with Gasteiger partial charge in [0.2, 0.25) is 5.91 Å². The van der Waals surface area contributed by atoms with Crippen molar-refractivity contribution in [3.05, 3.63) is 58.2 Å². The number of nitrogens with zero attached hydrogens (tertiary/aromatic N) is 4. The minimum Gasteiger partial charge on any atom is -0.329 e. The molecule has 0 saturated carbocycles. The number of fused-ring (bicyclic) bond motifs is 1. The number of carbonyl (C=O) groups excluding carboxylic acids is 1. The number of aromatic nitrogens is 3. The monoisotopic (exact) mass is 338 g/mol. The number of hydrogen-bond acceptors (Lipinski definition) is 4. The topological polar surface area (TPSA) is 50.5 Å². The second kappa shape index (κ2) is 6.20. The molecule has 5 nitrogen and oxygen atoms in total. The van der Waals surface area contributed by atoms with Gasteiger partial charge in [0.15, 0.2) is 11.5 Å². The molecule has 24 heavy (non-hydrogen) atoms. The lowest BCUT2D eigenvalue weighted by molar-refractivity contribution is -0.127. The maximum absolute atomic E-state index is 12.7. The number of thiophene rings is 1. The third-order valence-electron chi connectivity index (χ3n) is 4.45. The third-order valence-corrected chi connectivity index (χ3v) is 5.44. The second-order valence-electron chi connectivity index (χ2n) is 5.98. The molecule has 1 unspecified atom stereocenters. The van der Waals surface area contributed by atoms with Gasteiger partial charge in [-0.2, -0.15) is 0 Å². The largest absolute Gasteiger partial charge is 0.329 e. The Morgan fingerprint density at radius 3 is 3.08 bits per heavy atom. The van der Waals surface area contributed by atoms with Crippen LogP contribution in [0.1, 0.15) is 35.1 Å². The molecule has 1 amide bonds. The molecule has 1 fully saturated rings. The third kappa shape index (κ3) is 2.63. The lowest BCUT2D eigenvalue weighted by Crippen LogP contribution is -2.30. The molecule has 0 spiro atoms. The van der Waals surface area contributed by atoms with Gasteiger partial charge in [-0.05, 0) is 55.0 Å². The SMILES string of the molecule is Cc1ccsc1C=CC(=O)N1CCCC1c1nnc2ccccn12. The van der Waals surface area contributed by atoms with E-state index in [2.05, 4.69) is 23.2 Å². The van der Waals surface area contributed by atoms with Crippen LogP contribution in [0.2, 0.25) is 0 Å². The van der Waals surface area contributed by atoms with Crippen LogP contribution in [-0.2, 0) is 4.79 Å². The van der Waals surface area contributed by atoms with E-state index in [0.717, 1.165) is 35.7 Å². The average molecular weight is 338 g/mol. The standard InChI is InChI=1S/C18H18N4OS/c1-13-9-12-24-15(13)7-8-17(23)21-11-4-5-14(21)18-20-19-16-6-2-3-10-22(16)18/h2-3,6-10,12,14H,4-5,11H2,1H3. The van der Waals surface area contributed by atoms with Crippen molar-refractivity contribution in [3.63, 3.8) is 0 Å². The molecule has 4 rings (SSSR count). The molecule has 0 aliphatic carbocycles. The quantitative estimate of drug-likeness (QED) is 0.687. The Hall–Kier alpha value is -2.47. The molecule has 3 aromatic rings. The van der Waals surface area contributed by atoms with Gasteiger partial charge in [0, 0.05) is 23.7 Å². The van der Waals surface area contributed by atoms with E-state index in [4.69, 9.17) is 0 Å². The molecule has 3 aromatic heterocycles. The minimum absolute atomic E-state index is 0.0102. The number of hydrogen-bond donors (Lipinski definition) is 0. The predicted octanol–water partition coefficient (Wildman–Crippen LogP) is 3.48. The van der Waals surface area contributed by atoms with Crippen LogP contribution in [-0.4, -0.2) is 31.9 Å². The molecule has 1 aliphatic rings. The Balaban J connectivity index is 1.59. The van der Waals surface area contributed by atoms with Crippen LogP contribution in [0.3, 0.4) is 0 Å². The fraction of sp³-hybridized carbons (Fsp3) is 0.278. The number of amides is 1. The van der Waals surface area contributed by atoms with Crippen molar-refractivity contribution in [1.82, 2.24) is 19.5 Å². The van der Waals surface area contributed by atoms with Gasteiger partial charge in [-0.3, -0.25) is 9.20 Å².